The molecule has 0 fully saturated rings. The van der Waals surface area contributed by atoms with Crippen molar-refractivity contribution in [3.63, 3.8) is 0 Å². The number of aromatic nitrogens is 1. The Morgan fingerprint density at radius 1 is 1.26 bits per heavy atom. The van der Waals surface area contributed by atoms with E-state index in [-0.39, 0.29) is 6.04 Å². The van der Waals surface area contributed by atoms with Gasteiger partial charge >= 0.3 is 0 Å². The quantitative estimate of drug-likeness (QED) is 0.893. The summed E-state index contributed by atoms with van der Waals surface area (Å²) in [7, 11) is 0. The fourth-order valence-corrected chi connectivity index (χ4v) is 2.64. The first-order valence-electron chi connectivity index (χ1n) is 6.82. The maximum Gasteiger partial charge on any atom is 0.133 e. The number of aryl methyl sites for hydroxylation is 1. The van der Waals surface area contributed by atoms with Crippen LogP contribution in [0.3, 0.4) is 0 Å². The summed E-state index contributed by atoms with van der Waals surface area (Å²) in [4.78, 5) is 6.81. The molecule has 0 saturated carbocycles. The van der Waals surface area contributed by atoms with E-state index in [1.807, 2.05) is 19.2 Å². The molecule has 3 heteroatoms. The maximum atomic E-state index is 5.96. The molecule has 2 N–H and O–H groups in total. The van der Waals surface area contributed by atoms with E-state index in [1.165, 1.54) is 17.7 Å². The largest absolute Gasteiger partial charge is 0.326 e. The number of para-hydroxylation sites is 1. The SMILES string of the molecule is C[C@@H](N)c1ccnc(N2CCCc3ccccc32)c1. The number of nitrogens with zero attached hydrogens (tertiary/aromatic N) is 2. The summed E-state index contributed by atoms with van der Waals surface area (Å²) in [5.41, 5.74) is 9.78. The van der Waals surface area contributed by atoms with Gasteiger partial charge in [0.2, 0.25) is 0 Å². The Kier molecular flexibility index (Phi) is 3.22. The van der Waals surface area contributed by atoms with E-state index in [2.05, 4.69) is 40.2 Å². The molecule has 19 heavy (non-hydrogen) atoms. The minimum atomic E-state index is 0.0433. The van der Waals surface area contributed by atoms with Crippen molar-refractivity contribution in [2.24, 2.45) is 5.73 Å². The summed E-state index contributed by atoms with van der Waals surface area (Å²) in [6.07, 6.45) is 4.17. The lowest BCUT2D eigenvalue weighted by Crippen LogP contribution is -2.25. The normalized spacial score (nSPS) is 16.0. The summed E-state index contributed by atoms with van der Waals surface area (Å²) in [5.74, 6) is 1.00. The van der Waals surface area contributed by atoms with Gasteiger partial charge in [-0.3, -0.25) is 0 Å². The molecule has 0 bridgehead atoms. The van der Waals surface area contributed by atoms with Gasteiger partial charge in [0.1, 0.15) is 5.82 Å². The topological polar surface area (TPSA) is 42.1 Å². The highest BCUT2D eigenvalue weighted by Gasteiger charge is 2.18. The standard InChI is InChI=1S/C16H19N3/c1-12(17)14-8-9-18-16(11-14)19-10-4-6-13-5-2-3-7-15(13)19/h2-3,5,7-9,11-12H,4,6,10,17H2,1H3/t12-/m1/s1. The van der Waals surface area contributed by atoms with Gasteiger partial charge in [-0.2, -0.15) is 0 Å². The van der Waals surface area contributed by atoms with E-state index in [9.17, 15) is 0 Å². The molecule has 98 valence electrons. The fraction of sp³-hybridized carbons (Fsp3) is 0.312. The second-order valence-corrected chi connectivity index (χ2v) is 5.12. The fourth-order valence-electron chi connectivity index (χ4n) is 2.64. The van der Waals surface area contributed by atoms with Crippen LogP contribution in [0.15, 0.2) is 42.6 Å². The lowest BCUT2D eigenvalue weighted by atomic mass is 10.0. The number of hydrogen-bond donors (Lipinski definition) is 1. The second kappa shape index (κ2) is 5.02. The molecule has 3 rings (SSSR count). The van der Waals surface area contributed by atoms with Crippen molar-refractivity contribution in [2.75, 3.05) is 11.4 Å². The zero-order valence-corrected chi connectivity index (χ0v) is 11.2. The lowest BCUT2D eigenvalue weighted by molar-refractivity contribution is 0.755. The van der Waals surface area contributed by atoms with Gasteiger partial charge in [0.25, 0.3) is 0 Å². The van der Waals surface area contributed by atoms with Gasteiger partial charge in [0.05, 0.1) is 0 Å². The highest BCUT2D eigenvalue weighted by molar-refractivity contribution is 5.65. The summed E-state index contributed by atoms with van der Waals surface area (Å²) in [5, 5.41) is 0. The highest BCUT2D eigenvalue weighted by atomic mass is 15.2. The molecule has 1 aliphatic rings. The average molecular weight is 253 g/mol. The molecule has 1 aromatic carbocycles. The number of fused-ring (bicyclic) bond motifs is 1. The smallest absolute Gasteiger partial charge is 0.133 e. The molecule has 0 radical (unpaired) electrons. The lowest BCUT2D eigenvalue weighted by Gasteiger charge is -2.30. The van der Waals surface area contributed by atoms with Crippen LogP contribution in [0.5, 0.6) is 0 Å². The summed E-state index contributed by atoms with van der Waals surface area (Å²) >= 11 is 0. The molecule has 0 saturated heterocycles. The van der Waals surface area contributed by atoms with Crippen molar-refractivity contribution in [3.8, 4) is 0 Å². The first-order valence-corrected chi connectivity index (χ1v) is 6.82. The van der Waals surface area contributed by atoms with Crippen molar-refractivity contribution in [1.82, 2.24) is 4.98 Å². The van der Waals surface area contributed by atoms with Gasteiger partial charge in [-0.05, 0) is 49.1 Å². The molecule has 0 aliphatic carbocycles. The molecule has 0 spiro atoms. The number of hydrogen-bond acceptors (Lipinski definition) is 3. The number of benzene rings is 1. The predicted octanol–water partition coefficient (Wildman–Crippen LogP) is 3.19. The van der Waals surface area contributed by atoms with Gasteiger partial charge in [0, 0.05) is 24.5 Å². The third kappa shape index (κ3) is 2.34. The highest BCUT2D eigenvalue weighted by Crippen LogP contribution is 2.32. The second-order valence-electron chi connectivity index (χ2n) is 5.12. The maximum absolute atomic E-state index is 5.96. The Labute approximate surface area is 114 Å². The number of anilines is 2. The van der Waals surface area contributed by atoms with Crippen LogP contribution < -0.4 is 10.6 Å². The van der Waals surface area contributed by atoms with E-state index < -0.39 is 0 Å². The van der Waals surface area contributed by atoms with Crippen LogP contribution in [0.25, 0.3) is 0 Å². The van der Waals surface area contributed by atoms with Crippen LogP contribution in [-0.4, -0.2) is 11.5 Å². The molecule has 1 aromatic heterocycles. The Hall–Kier alpha value is -1.87. The molecular formula is C16H19N3. The zero-order chi connectivity index (χ0) is 13.2. The average Bonchev–Trinajstić information content (AvgIpc) is 2.47. The molecular weight excluding hydrogens is 234 g/mol. The summed E-state index contributed by atoms with van der Waals surface area (Å²) in [6.45, 7) is 3.02. The van der Waals surface area contributed by atoms with Crippen molar-refractivity contribution >= 4 is 11.5 Å². The molecule has 2 aromatic rings. The zero-order valence-electron chi connectivity index (χ0n) is 11.2. The first kappa shape index (κ1) is 12.2. The Morgan fingerprint density at radius 3 is 2.95 bits per heavy atom. The predicted molar refractivity (Wildman–Crippen MR) is 78.6 cm³/mol. The summed E-state index contributed by atoms with van der Waals surface area (Å²) in [6, 6.07) is 12.7. The van der Waals surface area contributed by atoms with E-state index >= 15 is 0 Å². The van der Waals surface area contributed by atoms with Gasteiger partial charge in [-0.25, -0.2) is 4.98 Å². The van der Waals surface area contributed by atoms with Gasteiger partial charge in [0.15, 0.2) is 0 Å². The van der Waals surface area contributed by atoms with E-state index in [4.69, 9.17) is 5.73 Å². The van der Waals surface area contributed by atoms with Crippen LogP contribution in [-0.2, 0) is 6.42 Å². The van der Waals surface area contributed by atoms with E-state index in [0.29, 0.717) is 0 Å². The minimum absolute atomic E-state index is 0.0433. The molecule has 3 nitrogen and oxygen atoms in total. The first-order chi connectivity index (χ1) is 9.25. The number of pyridine rings is 1. The van der Waals surface area contributed by atoms with Gasteiger partial charge in [-0.15, -0.1) is 0 Å². The van der Waals surface area contributed by atoms with Crippen LogP contribution in [0, 0.1) is 0 Å². The number of rotatable bonds is 2. The van der Waals surface area contributed by atoms with Crippen molar-refractivity contribution in [2.45, 2.75) is 25.8 Å². The van der Waals surface area contributed by atoms with Crippen molar-refractivity contribution in [1.29, 1.82) is 0 Å². The third-order valence-electron chi connectivity index (χ3n) is 3.68. The van der Waals surface area contributed by atoms with Crippen LogP contribution >= 0.6 is 0 Å². The van der Waals surface area contributed by atoms with Crippen LogP contribution in [0.2, 0.25) is 0 Å². The van der Waals surface area contributed by atoms with E-state index in [0.717, 1.165) is 24.3 Å². The minimum Gasteiger partial charge on any atom is -0.326 e. The van der Waals surface area contributed by atoms with E-state index in [1.54, 1.807) is 0 Å². The van der Waals surface area contributed by atoms with Gasteiger partial charge < -0.3 is 10.6 Å². The molecule has 1 atom stereocenters. The van der Waals surface area contributed by atoms with Crippen LogP contribution in [0.1, 0.15) is 30.5 Å². The van der Waals surface area contributed by atoms with Crippen LogP contribution in [0.4, 0.5) is 11.5 Å². The molecule has 0 unspecified atom stereocenters. The number of nitrogens with two attached hydrogens (primary N) is 1. The van der Waals surface area contributed by atoms with Crippen molar-refractivity contribution < 1.29 is 0 Å². The Bertz CT molecular complexity index is 578. The Morgan fingerprint density at radius 2 is 2.11 bits per heavy atom. The Balaban J connectivity index is 2.01. The molecule has 1 aliphatic heterocycles. The summed E-state index contributed by atoms with van der Waals surface area (Å²) < 4.78 is 0. The van der Waals surface area contributed by atoms with Gasteiger partial charge in [-0.1, -0.05) is 18.2 Å². The van der Waals surface area contributed by atoms with Crippen molar-refractivity contribution in [3.05, 3.63) is 53.7 Å². The molecule has 2 heterocycles. The third-order valence-corrected chi connectivity index (χ3v) is 3.68. The monoisotopic (exact) mass is 253 g/mol. The molecule has 0 amide bonds.